The molecule has 7 atom stereocenters. The van der Waals surface area contributed by atoms with Gasteiger partial charge in [0.15, 0.2) is 0 Å². The van der Waals surface area contributed by atoms with Crippen LogP contribution in [0.15, 0.2) is 35.5 Å². The molecule has 0 aromatic rings. The number of rotatable bonds is 5. The molecule has 0 aromatic heterocycles. The molecule has 180 valence electrons. The first-order valence-electron chi connectivity index (χ1n) is 12.6. The second-order valence-electron chi connectivity index (χ2n) is 11.3. The van der Waals surface area contributed by atoms with Crippen molar-refractivity contribution in [2.45, 2.75) is 83.8 Å². The molecule has 0 aromatic carbocycles. The Hall–Kier alpha value is -1.04. The van der Waals surface area contributed by atoms with Crippen molar-refractivity contribution in [3.8, 4) is 0 Å². The van der Waals surface area contributed by atoms with Crippen LogP contribution in [0.1, 0.15) is 65.2 Å². The van der Waals surface area contributed by atoms with Gasteiger partial charge in [-0.05, 0) is 85.8 Å². The number of allylic oxidation sites excluding steroid dienone is 3. The molecule has 0 bridgehead atoms. The third-order valence-corrected chi connectivity index (χ3v) is 9.20. The van der Waals surface area contributed by atoms with Crippen molar-refractivity contribution in [3.05, 3.63) is 35.5 Å². The highest BCUT2D eigenvalue weighted by Gasteiger charge is 2.51. The van der Waals surface area contributed by atoms with E-state index in [1.54, 1.807) is 0 Å². The number of halogens is 2. The monoisotopic (exact) mass is 449 g/mol. The van der Waals surface area contributed by atoms with Crippen molar-refractivity contribution in [1.29, 1.82) is 0 Å². The van der Waals surface area contributed by atoms with Crippen molar-refractivity contribution in [2.24, 2.45) is 29.1 Å². The number of hydrogen-bond acceptors (Lipinski definition) is 3. The number of alkyl halides is 2. The molecule has 0 spiro atoms. The zero-order valence-electron chi connectivity index (χ0n) is 19.8. The van der Waals surface area contributed by atoms with Crippen LogP contribution in [0.3, 0.4) is 0 Å². The summed E-state index contributed by atoms with van der Waals surface area (Å²) in [7, 11) is 0. The molecular formula is C27H41F2NO2. The minimum Gasteiger partial charge on any atom is -0.393 e. The fourth-order valence-electron chi connectivity index (χ4n) is 7.45. The van der Waals surface area contributed by atoms with E-state index in [0.717, 1.165) is 30.7 Å². The van der Waals surface area contributed by atoms with E-state index in [1.807, 2.05) is 0 Å². The number of nitrogens with zero attached hydrogens (tertiary/aromatic N) is 1. The average Bonchev–Trinajstić information content (AvgIpc) is 3.33. The van der Waals surface area contributed by atoms with Gasteiger partial charge < -0.3 is 15.1 Å². The molecule has 5 heteroatoms. The summed E-state index contributed by atoms with van der Waals surface area (Å²) in [6.45, 7) is 11.1. The van der Waals surface area contributed by atoms with Gasteiger partial charge in [0.1, 0.15) is 0 Å². The molecule has 0 unspecified atom stereocenters. The van der Waals surface area contributed by atoms with Gasteiger partial charge in [-0.1, -0.05) is 38.2 Å². The van der Waals surface area contributed by atoms with Crippen molar-refractivity contribution in [2.75, 3.05) is 19.6 Å². The van der Waals surface area contributed by atoms with Crippen molar-refractivity contribution < 1.29 is 19.0 Å². The molecule has 1 heterocycles. The van der Waals surface area contributed by atoms with E-state index in [-0.39, 0.29) is 5.41 Å². The van der Waals surface area contributed by atoms with E-state index in [2.05, 4.69) is 37.5 Å². The summed E-state index contributed by atoms with van der Waals surface area (Å²) in [4.78, 5) is 2.27. The fourth-order valence-corrected chi connectivity index (χ4v) is 7.45. The van der Waals surface area contributed by atoms with Crippen LogP contribution in [0, 0.1) is 29.1 Å². The number of hydrogen-bond donors (Lipinski definition) is 2. The number of likely N-dealkylation sites (tertiary alicyclic amines) is 1. The number of aliphatic hydroxyl groups is 2. The summed E-state index contributed by atoms with van der Waals surface area (Å²) in [5.41, 5.74) is 3.49. The first-order chi connectivity index (χ1) is 15.2. The molecule has 3 nitrogen and oxygen atoms in total. The molecule has 3 saturated carbocycles. The van der Waals surface area contributed by atoms with Crippen LogP contribution in [0.25, 0.3) is 0 Å². The van der Waals surface area contributed by atoms with Gasteiger partial charge in [0, 0.05) is 25.4 Å². The maximum atomic E-state index is 13.1. The van der Waals surface area contributed by atoms with Crippen LogP contribution in [0.5, 0.6) is 0 Å². The van der Waals surface area contributed by atoms with E-state index in [1.165, 1.54) is 31.3 Å². The Morgan fingerprint density at radius 1 is 1.22 bits per heavy atom. The normalized spacial score (nSPS) is 42.2. The quantitative estimate of drug-likeness (QED) is 0.595. The fraction of sp³-hybridized carbons (Fsp3) is 0.778. The highest BCUT2D eigenvalue weighted by Crippen LogP contribution is 2.59. The van der Waals surface area contributed by atoms with Gasteiger partial charge >= 0.3 is 0 Å². The van der Waals surface area contributed by atoms with Crippen LogP contribution in [0.2, 0.25) is 0 Å². The molecule has 4 rings (SSSR count). The van der Waals surface area contributed by atoms with E-state index in [4.69, 9.17) is 0 Å². The van der Waals surface area contributed by atoms with E-state index in [0.29, 0.717) is 43.6 Å². The van der Waals surface area contributed by atoms with Crippen LogP contribution in [-0.4, -0.2) is 53.4 Å². The van der Waals surface area contributed by atoms with Crippen molar-refractivity contribution in [3.63, 3.8) is 0 Å². The van der Waals surface area contributed by atoms with Gasteiger partial charge in [0.2, 0.25) is 6.43 Å². The first kappa shape index (κ1) is 24.1. The van der Waals surface area contributed by atoms with E-state index >= 15 is 0 Å². The Kier molecular flexibility index (Phi) is 7.29. The summed E-state index contributed by atoms with van der Waals surface area (Å²) in [5, 5.41) is 20.2. The molecule has 2 N–H and O–H groups in total. The first-order valence-corrected chi connectivity index (χ1v) is 12.6. The van der Waals surface area contributed by atoms with E-state index < -0.39 is 24.6 Å². The lowest BCUT2D eigenvalue weighted by atomic mass is 9.61. The smallest absolute Gasteiger partial charge is 0.242 e. The molecule has 0 amide bonds. The summed E-state index contributed by atoms with van der Waals surface area (Å²) < 4.78 is 26.2. The number of aliphatic hydroxyl groups excluding tert-OH is 2. The molecule has 4 fully saturated rings. The van der Waals surface area contributed by atoms with Crippen LogP contribution < -0.4 is 0 Å². The molecule has 0 radical (unpaired) electrons. The Morgan fingerprint density at radius 2 is 2.00 bits per heavy atom. The molecule has 32 heavy (non-hydrogen) atoms. The van der Waals surface area contributed by atoms with Gasteiger partial charge in [-0.2, -0.15) is 0 Å². The summed E-state index contributed by atoms with van der Waals surface area (Å²) >= 11 is 0. The average molecular weight is 450 g/mol. The lowest BCUT2D eigenvalue weighted by Gasteiger charge is -2.45. The third kappa shape index (κ3) is 4.76. The predicted molar refractivity (Wildman–Crippen MR) is 124 cm³/mol. The van der Waals surface area contributed by atoms with Gasteiger partial charge in [-0.25, -0.2) is 8.78 Å². The second kappa shape index (κ2) is 9.68. The summed E-state index contributed by atoms with van der Waals surface area (Å²) in [6, 6.07) is 0. The second-order valence-corrected chi connectivity index (χ2v) is 11.3. The van der Waals surface area contributed by atoms with Gasteiger partial charge in [-0.15, -0.1) is 0 Å². The standard InChI is InChI=1S/C27H41F2NO2/c1-17(15-30-12-10-21(16-30)26(28)29)23-8-9-24-19(5-4-11-27(23,24)3)6-7-20-13-22(31)14-25(32)18(20)2/h6-7,17,21-26,31-32H,2,4-5,8-16H2,1,3H3/b19-6+,20-7-/t17-,21-,22-,23-,24+,25+,27-/m1/s1. The highest BCUT2D eigenvalue weighted by molar-refractivity contribution is 5.38. The minimum atomic E-state index is -2.19. The number of fused-ring (bicyclic) bond motifs is 1. The van der Waals surface area contributed by atoms with Crippen molar-refractivity contribution >= 4 is 0 Å². The SMILES string of the molecule is C=C1/C(=C\C=C2/CCC[C@]3(C)[C@@H]([C@H](C)CN4CC[C@@H](C(F)F)C4)CC[C@@H]23)C[C@@H](O)C[C@@H]1O. The maximum absolute atomic E-state index is 13.1. The molecular weight excluding hydrogens is 408 g/mol. The zero-order valence-corrected chi connectivity index (χ0v) is 19.8. The van der Waals surface area contributed by atoms with Crippen LogP contribution in [0.4, 0.5) is 8.78 Å². The Labute approximate surface area is 192 Å². The molecule has 3 aliphatic carbocycles. The van der Waals surface area contributed by atoms with Gasteiger partial charge in [0.25, 0.3) is 0 Å². The Bertz CT molecular complexity index is 763. The zero-order chi connectivity index (χ0) is 23.0. The largest absolute Gasteiger partial charge is 0.393 e. The highest BCUT2D eigenvalue weighted by atomic mass is 19.3. The maximum Gasteiger partial charge on any atom is 0.242 e. The Balaban J connectivity index is 1.44. The molecule has 4 aliphatic rings. The predicted octanol–water partition coefficient (Wildman–Crippen LogP) is 5.35. The lowest BCUT2D eigenvalue weighted by molar-refractivity contribution is 0.0672. The van der Waals surface area contributed by atoms with Gasteiger partial charge in [0.05, 0.1) is 12.2 Å². The molecule has 1 aliphatic heterocycles. The van der Waals surface area contributed by atoms with Gasteiger partial charge in [-0.3, -0.25) is 0 Å². The Morgan fingerprint density at radius 3 is 2.72 bits per heavy atom. The lowest BCUT2D eigenvalue weighted by Crippen LogP contribution is -2.39. The minimum absolute atomic E-state index is 0.270. The van der Waals surface area contributed by atoms with Crippen LogP contribution in [-0.2, 0) is 0 Å². The summed E-state index contributed by atoms with van der Waals surface area (Å²) in [6.07, 6.45) is 8.56. The summed E-state index contributed by atoms with van der Waals surface area (Å²) in [5.74, 6) is 1.27. The molecule has 1 saturated heterocycles. The van der Waals surface area contributed by atoms with Crippen molar-refractivity contribution in [1.82, 2.24) is 4.90 Å². The van der Waals surface area contributed by atoms with Crippen LogP contribution >= 0.6 is 0 Å². The van der Waals surface area contributed by atoms with E-state index in [9.17, 15) is 19.0 Å². The topological polar surface area (TPSA) is 43.7 Å². The third-order valence-electron chi connectivity index (χ3n) is 9.20.